The number of methoxy groups -OCH3 is 2. The van der Waals surface area contributed by atoms with Crippen molar-refractivity contribution in [2.75, 3.05) is 34.5 Å². The molecule has 1 aliphatic carbocycles. The summed E-state index contributed by atoms with van der Waals surface area (Å²) in [7, 11) is 4.55. The van der Waals surface area contributed by atoms with Crippen molar-refractivity contribution in [3.8, 4) is 11.5 Å². The second kappa shape index (κ2) is 12.5. The van der Waals surface area contributed by atoms with Crippen molar-refractivity contribution in [2.24, 2.45) is 17.8 Å². The molecule has 0 bridgehead atoms. The van der Waals surface area contributed by atoms with Gasteiger partial charge in [0.1, 0.15) is 0 Å². The average molecular weight is 613 g/mol. The van der Waals surface area contributed by atoms with Crippen LogP contribution in [0.1, 0.15) is 44.6 Å². The Labute approximate surface area is 226 Å². The normalized spacial score (nSPS) is 23.4. The molecule has 0 radical (unpaired) electrons. The van der Waals surface area contributed by atoms with Gasteiger partial charge in [-0.25, -0.2) is 0 Å². The second-order valence-corrected chi connectivity index (χ2v) is 10.7. The number of phenols is 1. The number of ether oxygens (including phenoxy) is 2. The molecule has 4 atom stereocenters. The predicted molar refractivity (Wildman–Crippen MR) is 144 cm³/mol. The number of halogens is 1. The molecule has 0 spiro atoms. The third-order valence-electron chi connectivity index (χ3n) is 7.23. The van der Waals surface area contributed by atoms with Crippen LogP contribution in [0.4, 0.5) is 0 Å². The van der Waals surface area contributed by atoms with Gasteiger partial charge in [-0.05, 0) is 77.1 Å². The Morgan fingerprint density at radius 1 is 1.25 bits per heavy atom. The molecule has 0 unspecified atom stereocenters. The van der Waals surface area contributed by atoms with Gasteiger partial charge in [-0.15, -0.1) is 0 Å². The number of aliphatic hydroxyl groups excluding tert-OH is 2. The Morgan fingerprint density at radius 2 is 1.97 bits per heavy atom. The van der Waals surface area contributed by atoms with Crippen molar-refractivity contribution in [3.63, 3.8) is 0 Å². The van der Waals surface area contributed by atoms with E-state index in [0.717, 1.165) is 34.5 Å². The Bertz CT molecular complexity index is 1050. The predicted octanol–water partition coefficient (Wildman–Crippen LogP) is 3.52. The molecular formula is C27H36INO7. The van der Waals surface area contributed by atoms with E-state index in [1.807, 2.05) is 6.07 Å². The van der Waals surface area contributed by atoms with Gasteiger partial charge in [0.05, 0.1) is 41.8 Å². The second-order valence-electron chi connectivity index (χ2n) is 9.51. The minimum Gasteiger partial charge on any atom is -0.504 e. The molecule has 0 saturated carbocycles. The number of hydrogen-bond acceptors (Lipinski definition) is 7. The monoisotopic (exact) mass is 613 g/mol. The fourth-order valence-electron chi connectivity index (χ4n) is 5.56. The van der Waals surface area contributed by atoms with E-state index in [2.05, 4.69) is 35.6 Å². The molecule has 1 heterocycles. The lowest BCUT2D eigenvalue weighted by Crippen LogP contribution is -2.39. The summed E-state index contributed by atoms with van der Waals surface area (Å²) in [5, 5.41) is 31.8. The summed E-state index contributed by atoms with van der Waals surface area (Å²) in [6.45, 7) is 2.00. The van der Waals surface area contributed by atoms with Crippen molar-refractivity contribution in [2.45, 2.75) is 45.1 Å². The number of imide groups is 1. The first-order chi connectivity index (χ1) is 17.2. The topological polar surface area (TPSA) is 117 Å². The zero-order chi connectivity index (χ0) is 26.6. The molecule has 3 N–H and O–H groups in total. The van der Waals surface area contributed by atoms with E-state index < -0.39 is 23.9 Å². The molecule has 3 rings (SSSR count). The Kier molecular flexibility index (Phi) is 9.96. The molecule has 1 aromatic rings. The van der Waals surface area contributed by atoms with Crippen LogP contribution in [0.25, 0.3) is 6.08 Å². The first-order valence-corrected chi connectivity index (χ1v) is 13.3. The van der Waals surface area contributed by atoms with Gasteiger partial charge in [0.15, 0.2) is 11.5 Å². The molecule has 0 aromatic heterocycles. The number of carbonyl (C=O) groups is 2. The number of aromatic hydroxyl groups is 1. The quantitative estimate of drug-likeness (QED) is 0.199. The number of fused-ring (bicyclic) bond motifs is 1. The summed E-state index contributed by atoms with van der Waals surface area (Å²) in [6, 6.07) is 3.66. The molecule has 2 amide bonds. The average Bonchev–Trinajstić information content (AvgIpc) is 3.07. The van der Waals surface area contributed by atoms with E-state index in [1.54, 1.807) is 13.2 Å². The SMILES string of the molecule is CCC/C(=C\c1cc(I)c(O)c(OC)c1)CC[C@@H](O)C1=C(COC)C[C@H]2C(=O)N(C)C(=O)[C@H]2[C@H]1CO. The largest absolute Gasteiger partial charge is 0.504 e. The molecule has 198 valence electrons. The highest BCUT2D eigenvalue weighted by Gasteiger charge is 2.53. The third-order valence-corrected chi connectivity index (χ3v) is 8.05. The molecule has 9 heteroatoms. The minimum absolute atomic E-state index is 0.108. The number of benzene rings is 1. The standard InChI is InChI=1S/C27H36INO7/c1-5-6-15(9-16-10-20(28)25(32)22(11-16)36-4)7-8-21(31)23-17(14-35-3)12-18-24(19(23)13-30)27(34)29(2)26(18)33/h9-11,18-19,21,24,30-32H,5-8,12-14H2,1-4H3/b15-9+/t18-,19+,21-,24-/m1/s1. The van der Waals surface area contributed by atoms with E-state index >= 15 is 0 Å². The maximum Gasteiger partial charge on any atom is 0.233 e. The van der Waals surface area contributed by atoms with Gasteiger partial charge < -0.3 is 24.8 Å². The van der Waals surface area contributed by atoms with Gasteiger partial charge in [0.25, 0.3) is 0 Å². The lowest BCUT2D eigenvalue weighted by atomic mass is 9.68. The van der Waals surface area contributed by atoms with Crippen LogP contribution >= 0.6 is 22.6 Å². The van der Waals surface area contributed by atoms with Gasteiger partial charge in [0.2, 0.25) is 11.8 Å². The van der Waals surface area contributed by atoms with Gasteiger partial charge in [0, 0.05) is 20.1 Å². The van der Waals surface area contributed by atoms with Crippen LogP contribution in [0.2, 0.25) is 0 Å². The number of hydrogen-bond donors (Lipinski definition) is 3. The minimum atomic E-state index is -0.878. The van der Waals surface area contributed by atoms with Crippen LogP contribution in [0.3, 0.4) is 0 Å². The number of phenolic OH excluding ortho intramolecular Hbond substituents is 1. The molecule has 1 aromatic carbocycles. The van der Waals surface area contributed by atoms with E-state index in [-0.39, 0.29) is 30.8 Å². The maximum absolute atomic E-state index is 12.8. The molecule has 36 heavy (non-hydrogen) atoms. The Hall–Kier alpha value is -1.95. The Morgan fingerprint density at radius 3 is 2.58 bits per heavy atom. The van der Waals surface area contributed by atoms with Crippen molar-refractivity contribution >= 4 is 40.5 Å². The summed E-state index contributed by atoms with van der Waals surface area (Å²) < 4.78 is 11.3. The number of aliphatic hydroxyl groups is 2. The number of rotatable bonds is 11. The number of nitrogens with zero attached hydrogens (tertiary/aromatic N) is 1. The smallest absolute Gasteiger partial charge is 0.233 e. The fourth-order valence-corrected chi connectivity index (χ4v) is 6.19. The van der Waals surface area contributed by atoms with Crippen LogP contribution in [-0.4, -0.2) is 72.6 Å². The number of carbonyl (C=O) groups excluding carboxylic acids is 2. The molecular weight excluding hydrogens is 577 g/mol. The van der Waals surface area contributed by atoms with E-state index in [1.165, 1.54) is 14.2 Å². The third kappa shape index (κ3) is 5.79. The summed E-state index contributed by atoms with van der Waals surface area (Å²) in [5.74, 6) is -1.83. The number of amides is 2. The van der Waals surface area contributed by atoms with Crippen molar-refractivity contribution < 1.29 is 34.4 Å². The van der Waals surface area contributed by atoms with Gasteiger partial charge in [-0.2, -0.15) is 0 Å². The van der Waals surface area contributed by atoms with Gasteiger partial charge >= 0.3 is 0 Å². The highest BCUT2D eigenvalue weighted by Crippen LogP contribution is 2.46. The maximum atomic E-state index is 12.8. The Balaban J connectivity index is 1.87. The van der Waals surface area contributed by atoms with Crippen molar-refractivity contribution in [3.05, 3.63) is 38.0 Å². The summed E-state index contributed by atoms with van der Waals surface area (Å²) >= 11 is 2.07. The van der Waals surface area contributed by atoms with Crippen LogP contribution in [-0.2, 0) is 14.3 Å². The lowest BCUT2D eigenvalue weighted by molar-refractivity contribution is -0.138. The van der Waals surface area contributed by atoms with Crippen LogP contribution in [0, 0.1) is 21.3 Å². The van der Waals surface area contributed by atoms with E-state index in [4.69, 9.17) is 9.47 Å². The summed E-state index contributed by atoms with van der Waals surface area (Å²) in [6.07, 6.45) is 4.31. The summed E-state index contributed by atoms with van der Waals surface area (Å²) in [4.78, 5) is 26.6. The molecule has 1 fully saturated rings. The van der Waals surface area contributed by atoms with Gasteiger partial charge in [-0.3, -0.25) is 14.5 Å². The number of likely N-dealkylation sites (tertiary alicyclic amines) is 1. The first-order valence-electron chi connectivity index (χ1n) is 12.2. The summed E-state index contributed by atoms with van der Waals surface area (Å²) in [5.41, 5.74) is 3.46. The van der Waals surface area contributed by atoms with Gasteiger partial charge in [-0.1, -0.05) is 25.0 Å². The first kappa shape index (κ1) is 28.6. The van der Waals surface area contributed by atoms with Crippen molar-refractivity contribution in [1.82, 2.24) is 4.90 Å². The van der Waals surface area contributed by atoms with E-state index in [0.29, 0.717) is 34.2 Å². The highest BCUT2D eigenvalue weighted by atomic mass is 127. The van der Waals surface area contributed by atoms with Crippen molar-refractivity contribution in [1.29, 1.82) is 0 Å². The molecule has 8 nitrogen and oxygen atoms in total. The van der Waals surface area contributed by atoms with Crippen LogP contribution in [0.15, 0.2) is 28.9 Å². The molecule has 1 aliphatic heterocycles. The molecule has 2 aliphatic rings. The van der Waals surface area contributed by atoms with Crippen LogP contribution in [0.5, 0.6) is 11.5 Å². The lowest BCUT2D eigenvalue weighted by Gasteiger charge is -2.36. The zero-order valence-electron chi connectivity index (χ0n) is 21.3. The fraction of sp³-hybridized carbons (Fsp3) is 0.556. The molecule has 1 saturated heterocycles. The van der Waals surface area contributed by atoms with E-state index in [9.17, 15) is 24.9 Å². The highest BCUT2D eigenvalue weighted by molar-refractivity contribution is 14.1. The zero-order valence-corrected chi connectivity index (χ0v) is 23.4. The number of allylic oxidation sites excluding steroid dienone is 1. The van der Waals surface area contributed by atoms with Crippen LogP contribution < -0.4 is 4.74 Å².